The average molecular weight is 416 g/mol. The molecule has 1 aliphatic carbocycles. The van der Waals surface area contributed by atoms with Crippen LogP contribution in [0.25, 0.3) is 11.0 Å². The highest BCUT2D eigenvalue weighted by molar-refractivity contribution is 5.81. The van der Waals surface area contributed by atoms with Gasteiger partial charge in [0.05, 0.1) is 18.9 Å². The second-order valence-corrected chi connectivity index (χ2v) is 8.07. The molecule has 5 rings (SSSR count). The Morgan fingerprint density at radius 1 is 1.13 bits per heavy atom. The number of rotatable bonds is 4. The number of H-pyrrole nitrogens is 1. The van der Waals surface area contributed by atoms with Gasteiger partial charge >= 0.3 is 0 Å². The maximum atomic E-state index is 12.2. The molecule has 0 atom stereocenters. The first-order valence-corrected chi connectivity index (χ1v) is 10.8. The molecule has 2 aromatic heterocycles. The fraction of sp³-hybridized carbons (Fsp3) is 0.391. The summed E-state index contributed by atoms with van der Waals surface area (Å²) in [6.07, 6.45) is 4.44. The minimum absolute atomic E-state index is 0.0924. The Morgan fingerprint density at radius 3 is 2.58 bits per heavy atom. The molecule has 0 unspecified atom stereocenters. The smallest absolute Gasteiger partial charge is 0.267 e. The zero-order chi connectivity index (χ0) is 21.2. The van der Waals surface area contributed by atoms with Gasteiger partial charge in [-0.3, -0.25) is 4.79 Å². The van der Waals surface area contributed by atoms with Crippen LogP contribution in [-0.4, -0.2) is 41.3 Å². The summed E-state index contributed by atoms with van der Waals surface area (Å²) in [4.78, 5) is 26.6. The van der Waals surface area contributed by atoms with Gasteiger partial charge in [-0.1, -0.05) is 12.8 Å². The lowest BCUT2D eigenvalue weighted by molar-refractivity contribution is 0.122. The van der Waals surface area contributed by atoms with E-state index in [4.69, 9.17) is 9.72 Å². The van der Waals surface area contributed by atoms with E-state index in [-0.39, 0.29) is 5.56 Å². The summed E-state index contributed by atoms with van der Waals surface area (Å²) in [6, 6.07) is 11.8. The van der Waals surface area contributed by atoms with Crippen molar-refractivity contribution in [3.05, 3.63) is 51.9 Å². The predicted octanol–water partition coefficient (Wildman–Crippen LogP) is 3.43. The fourth-order valence-corrected chi connectivity index (χ4v) is 4.46. The van der Waals surface area contributed by atoms with Crippen molar-refractivity contribution in [2.24, 2.45) is 0 Å². The monoisotopic (exact) mass is 416 g/mol. The van der Waals surface area contributed by atoms with Crippen LogP contribution in [0.1, 0.15) is 42.9 Å². The molecule has 0 amide bonds. The van der Waals surface area contributed by atoms with E-state index in [9.17, 15) is 10.1 Å². The summed E-state index contributed by atoms with van der Waals surface area (Å²) in [5.41, 5.74) is 3.08. The van der Waals surface area contributed by atoms with E-state index in [0.29, 0.717) is 17.5 Å². The molecule has 1 aromatic carbocycles. The van der Waals surface area contributed by atoms with Gasteiger partial charge in [0.2, 0.25) is 5.95 Å². The number of benzene rings is 1. The molecular formula is C23H24N6O2. The number of aromatic amines is 1. The number of nitrogens with zero attached hydrogens (tertiary/aromatic N) is 4. The van der Waals surface area contributed by atoms with Crippen molar-refractivity contribution in [2.75, 3.05) is 36.5 Å². The Kier molecular flexibility index (Phi) is 5.26. The van der Waals surface area contributed by atoms with E-state index < -0.39 is 5.56 Å². The third kappa shape index (κ3) is 3.97. The van der Waals surface area contributed by atoms with Crippen LogP contribution in [0.3, 0.4) is 0 Å². The van der Waals surface area contributed by atoms with Gasteiger partial charge in [0.15, 0.2) is 0 Å². The van der Waals surface area contributed by atoms with Gasteiger partial charge < -0.3 is 19.9 Å². The number of nitrogens with one attached hydrogen (secondary N) is 2. The van der Waals surface area contributed by atoms with E-state index in [2.05, 4.69) is 32.3 Å². The zero-order valence-corrected chi connectivity index (χ0v) is 17.2. The van der Waals surface area contributed by atoms with Crippen LogP contribution in [-0.2, 0) is 4.74 Å². The van der Waals surface area contributed by atoms with Gasteiger partial charge in [0.1, 0.15) is 17.3 Å². The number of hydrogen-bond acceptors (Lipinski definition) is 7. The summed E-state index contributed by atoms with van der Waals surface area (Å²) in [6.45, 7) is 3.29. The summed E-state index contributed by atoms with van der Waals surface area (Å²) >= 11 is 0. The average Bonchev–Trinajstić information content (AvgIpc) is 3.34. The minimum Gasteiger partial charge on any atom is -0.378 e. The number of pyridine rings is 1. The van der Waals surface area contributed by atoms with Gasteiger partial charge in [-0.2, -0.15) is 10.2 Å². The summed E-state index contributed by atoms with van der Waals surface area (Å²) < 4.78 is 5.42. The van der Waals surface area contributed by atoms with Crippen LogP contribution in [0.2, 0.25) is 0 Å². The molecule has 3 heterocycles. The normalized spacial score (nSPS) is 17.1. The molecule has 0 spiro atoms. The molecule has 3 aromatic rings. The SMILES string of the molecule is N#Cc1cc2c(C3CCCC3)nc(Nc3ccc(N4CCOCC4)cc3)nc2[nH]c1=O. The Bertz CT molecular complexity index is 1190. The van der Waals surface area contributed by atoms with Crippen LogP contribution >= 0.6 is 0 Å². The lowest BCUT2D eigenvalue weighted by atomic mass is 10.00. The molecular weight excluding hydrogens is 392 g/mol. The number of fused-ring (bicyclic) bond motifs is 1. The van der Waals surface area contributed by atoms with Crippen LogP contribution in [0.5, 0.6) is 0 Å². The van der Waals surface area contributed by atoms with Gasteiger partial charge in [-0.25, -0.2) is 4.98 Å². The highest BCUT2D eigenvalue weighted by Crippen LogP contribution is 2.36. The topological polar surface area (TPSA) is 107 Å². The molecule has 2 N–H and O–H groups in total. The van der Waals surface area contributed by atoms with E-state index >= 15 is 0 Å². The predicted molar refractivity (Wildman–Crippen MR) is 119 cm³/mol. The van der Waals surface area contributed by atoms with Crippen molar-refractivity contribution in [2.45, 2.75) is 31.6 Å². The zero-order valence-electron chi connectivity index (χ0n) is 17.2. The van der Waals surface area contributed by atoms with Crippen LogP contribution in [0, 0.1) is 11.3 Å². The van der Waals surface area contributed by atoms with Crippen molar-refractivity contribution < 1.29 is 4.74 Å². The highest BCUT2D eigenvalue weighted by Gasteiger charge is 2.23. The molecule has 2 aliphatic rings. The fourth-order valence-electron chi connectivity index (χ4n) is 4.46. The Hall–Kier alpha value is -3.44. The van der Waals surface area contributed by atoms with Crippen molar-refractivity contribution in [3.8, 4) is 6.07 Å². The van der Waals surface area contributed by atoms with Crippen molar-refractivity contribution in [1.82, 2.24) is 15.0 Å². The van der Waals surface area contributed by atoms with Gasteiger partial charge in [0, 0.05) is 35.8 Å². The number of anilines is 3. The second-order valence-electron chi connectivity index (χ2n) is 8.07. The number of morpholine rings is 1. The molecule has 8 heteroatoms. The number of ether oxygens (including phenoxy) is 1. The third-order valence-corrected chi connectivity index (χ3v) is 6.10. The third-order valence-electron chi connectivity index (χ3n) is 6.10. The molecule has 1 aliphatic heterocycles. The molecule has 1 saturated carbocycles. The van der Waals surface area contributed by atoms with Crippen molar-refractivity contribution in [3.63, 3.8) is 0 Å². The second kappa shape index (κ2) is 8.36. The maximum Gasteiger partial charge on any atom is 0.267 e. The number of hydrogen-bond donors (Lipinski definition) is 2. The maximum absolute atomic E-state index is 12.2. The van der Waals surface area contributed by atoms with Crippen LogP contribution in [0.4, 0.5) is 17.3 Å². The van der Waals surface area contributed by atoms with Gasteiger partial charge in [-0.05, 0) is 43.2 Å². The van der Waals surface area contributed by atoms with Crippen LogP contribution in [0.15, 0.2) is 35.1 Å². The molecule has 1 saturated heterocycles. The minimum atomic E-state index is -0.424. The van der Waals surface area contributed by atoms with E-state index in [1.165, 1.54) is 0 Å². The first-order valence-electron chi connectivity index (χ1n) is 10.8. The molecule has 31 heavy (non-hydrogen) atoms. The number of aromatic nitrogens is 3. The molecule has 0 radical (unpaired) electrons. The highest BCUT2D eigenvalue weighted by atomic mass is 16.5. The van der Waals surface area contributed by atoms with Crippen molar-refractivity contribution >= 4 is 28.4 Å². The summed E-state index contributed by atoms with van der Waals surface area (Å²) in [5, 5.41) is 13.3. The van der Waals surface area contributed by atoms with Gasteiger partial charge in [-0.15, -0.1) is 0 Å². The quantitative estimate of drug-likeness (QED) is 0.671. The molecule has 0 bridgehead atoms. The largest absolute Gasteiger partial charge is 0.378 e. The molecule has 158 valence electrons. The lowest BCUT2D eigenvalue weighted by Gasteiger charge is -2.28. The first-order chi connectivity index (χ1) is 15.2. The van der Waals surface area contributed by atoms with E-state index in [1.54, 1.807) is 6.07 Å². The van der Waals surface area contributed by atoms with E-state index in [1.807, 2.05) is 18.2 Å². The van der Waals surface area contributed by atoms with E-state index in [0.717, 1.165) is 74.4 Å². The summed E-state index contributed by atoms with van der Waals surface area (Å²) in [7, 11) is 0. The number of nitriles is 1. The first kappa shape index (κ1) is 19.5. The molecule has 2 fully saturated rings. The van der Waals surface area contributed by atoms with Gasteiger partial charge in [0.25, 0.3) is 5.56 Å². The Morgan fingerprint density at radius 2 is 1.87 bits per heavy atom. The Labute approximate surface area is 179 Å². The lowest BCUT2D eigenvalue weighted by Crippen LogP contribution is -2.36. The summed E-state index contributed by atoms with van der Waals surface area (Å²) in [5.74, 6) is 0.765. The molecule has 8 nitrogen and oxygen atoms in total. The van der Waals surface area contributed by atoms with Crippen LogP contribution < -0.4 is 15.8 Å². The Balaban J connectivity index is 1.48. The standard InChI is InChI=1S/C23H24N6O2/c24-14-16-13-19-20(15-3-1-2-4-15)26-23(28-21(19)27-22(16)30)25-17-5-7-18(8-6-17)29-9-11-31-12-10-29/h5-8,13,15H,1-4,9-12H2,(H2,25,26,27,28,30). The van der Waals surface area contributed by atoms with Crippen molar-refractivity contribution in [1.29, 1.82) is 5.26 Å².